The lowest BCUT2D eigenvalue weighted by atomic mass is 9.85. The summed E-state index contributed by atoms with van der Waals surface area (Å²) in [6, 6.07) is 7.07. The maximum atomic E-state index is 13.1. The van der Waals surface area contributed by atoms with Gasteiger partial charge in [0.05, 0.1) is 29.4 Å². The molecule has 3 aromatic heterocycles. The number of rotatable bonds is 3. The van der Waals surface area contributed by atoms with E-state index in [1.165, 1.54) is 10.6 Å². The number of carbonyl (C=O) groups is 1. The van der Waals surface area contributed by atoms with E-state index in [9.17, 15) is 14.7 Å². The molecule has 3 aromatic rings. The van der Waals surface area contributed by atoms with Gasteiger partial charge in [0, 0.05) is 49.2 Å². The summed E-state index contributed by atoms with van der Waals surface area (Å²) in [4.78, 5) is 30.9. The lowest BCUT2D eigenvalue weighted by Crippen LogP contribution is -2.54. The molecule has 5 heterocycles. The van der Waals surface area contributed by atoms with Crippen molar-refractivity contribution in [3.63, 3.8) is 0 Å². The molecular weight excluding hydrogens is 368 g/mol. The van der Waals surface area contributed by atoms with Crippen molar-refractivity contribution in [3.05, 3.63) is 65.0 Å². The summed E-state index contributed by atoms with van der Waals surface area (Å²) in [5, 5.41) is 12.5. The Kier molecular flexibility index (Phi) is 4.10. The number of nitrogens with zero attached hydrogens (tertiary/aromatic N) is 4. The third-order valence-corrected chi connectivity index (χ3v) is 6.46. The van der Waals surface area contributed by atoms with Gasteiger partial charge in [-0.25, -0.2) is 0 Å². The first kappa shape index (κ1) is 18.1. The summed E-state index contributed by atoms with van der Waals surface area (Å²) in [7, 11) is 1.65. The zero-order chi connectivity index (χ0) is 20.2. The zero-order valence-electron chi connectivity index (χ0n) is 16.4. The van der Waals surface area contributed by atoms with Gasteiger partial charge >= 0.3 is 0 Å². The Morgan fingerprint density at radius 3 is 2.69 bits per heavy atom. The molecule has 150 valence electrons. The second kappa shape index (κ2) is 6.56. The molecule has 7 heteroatoms. The number of pyridine rings is 2. The fourth-order valence-corrected chi connectivity index (χ4v) is 5.14. The van der Waals surface area contributed by atoms with Gasteiger partial charge in [-0.1, -0.05) is 0 Å². The topological polar surface area (TPSA) is 80.4 Å². The van der Waals surface area contributed by atoms with Gasteiger partial charge in [0.2, 0.25) is 5.56 Å². The maximum absolute atomic E-state index is 13.1. The van der Waals surface area contributed by atoms with Crippen molar-refractivity contribution >= 4 is 16.8 Å². The van der Waals surface area contributed by atoms with Gasteiger partial charge in [-0.3, -0.25) is 14.6 Å². The molecule has 1 N–H and O–H groups in total. The van der Waals surface area contributed by atoms with Crippen molar-refractivity contribution in [2.24, 2.45) is 7.05 Å². The highest BCUT2D eigenvalue weighted by Gasteiger charge is 2.49. The summed E-state index contributed by atoms with van der Waals surface area (Å²) in [5.41, 5.74) is 0.549. The number of piperidine rings is 1. The van der Waals surface area contributed by atoms with Gasteiger partial charge in [-0.15, -0.1) is 0 Å². The Morgan fingerprint density at radius 2 is 1.97 bits per heavy atom. The Balaban J connectivity index is 1.38. The molecule has 7 nitrogen and oxygen atoms in total. The lowest BCUT2D eigenvalue weighted by Gasteiger charge is -2.44. The molecule has 2 saturated heterocycles. The average molecular weight is 392 g/mol. The van der Waals surface area contributed by atoms with Crippen LogP contribution in [0.2, 0.25) is 0 Å². The molecule has 0 aliphatic carbocycles. The number of aryl methyl sites for hydroxylation is 1. The average Bonchev–Trinajstić information content (AvgIpc) is 3.22. The zero-order valence-corrected chi connectivity index (χ0v) is 16.4. The molecule has 2 aliphatic rings. The minimum atomic E-state index is -0.853. The normalized spacial score (nSPS) is 26.2. The largest absolute Gasteiger partial charge is 0.388 e. The molecule has 2 bridgehead atoms. The molecule has 0 spiro atoms. The van der Waals surface area contributed by atoms with Crippen molar-refractivity contribution in [2.45, 2.75) is 49.9 Å². The number of hydrogen-bond donors (Lipinski definition) is 1. The molecule has 5 rings (SSSR count). The number of amides is 1. The van der Waals surface area contributed by atoms with E-state index in [2.05, 4.69) is 9.55 Å². The molecule has 1 unspecified atom stereocenters. The van der Waals surface area contributed by atoms with Crippen LogP contribution in [0.1, 0.15) is 36.0 Å². The van der Waals surface area contributed by atoms with E-state index in [1.807, 2.05) is 29.4 Å². The highest BCUT2D eigenvalue weighted by Crippen LogP contribution is 2.42. The molecule has 1 amide bonds. The lowest BCUT2D eigenvalue weighted by molar-refractivity contribution is -0.0533. The van der Waals surface area contributed by atoms with Gasteiger partial charge in [-0.05, 0) is 43.9 Å². The first-order valence-electron chi connectivity index (χ1n) is 10.0. The van der Waals surface area contributed by atoms with Crippen LogP contribution in [0.5, 0.6) is 0 Å². The van der Waals surface area contributed by atoms with Gasteiger partial charge < -0.3 is 19.1 Å². The first-order chi connectivity index (χ1) is 13.9. The number of carbonyl (C=O) groups excluding carboxylic acids is 1. The van der Waals surface area contributed by atoms with Crippen LogP contribution in [-0.4, -0.2) is 47.7 Å². The smallest absolute Gasteiger partial charge is 0.255 e. The number of aliphatic hydroxyl groups is 1. The third-order valence-electron chi connectivity index (χ3n) is 6.46. The third kappa shape index (κ3) is 3.06. The standard InChI is InChI=1S/C22H24N4O3/c1-24-13-16(2-5-20(24)27)21(28)26-17-3-4-18(26)11-22(29,10-17)14-25-9-7-15-6-8-23-12-19(15)25/h2,5-9,12-13,17-18,29H,3-4,10-11,14H2,1H3/t17-,18+,22?. The minimum Gasteiger partial charge on any atom is -0.388 e. The van der Waals surface area contributed by atoms with Crippen LogP contribution >= 0.6 is 0 Å². The predicted octanol–water partition coefficient (Wildman–Crippen LogP) is 1.93. The van der Waals surface area contributed by atoms with Gasteiger partial charge in [0.1, 0.15) is 0 Å². The van der Waals surface area contributed by atoms with Gasteiger partial charge in [-0.2, -0.15) is 0 Å². The summed E-state index contributed by atoms with van der Waals surface area (Å²) in [6.07, 6.45) is 10.1. The van der Waals surface area contributed by atoms with Gasteiger partial charge in [0.15, 0.2) is 0 Å². The number of aromatic nitrogens is 3. The van der Waals surface area contributed by atoms with Crippen LogP contribution in [0.25, 0.3) is 10.9 Å². The van der Waals surface area contributed by atoms with E-state index in [-0.39, 0.29) is 23.6 Å². The van der Waals surface area contributed by atoms with Crippen LogP contribution in [-0.2, 0) is 13.6 Å². The Hall–Kier alpha value is -2.93. The Morgan fingerprint density at radius 1 is 1.21 bits per heavy atom. The Bertz CT molecular complexity index is 1130. The molecule has 0 aromatic carbocycles. The van der Waals surface area contributed by atoms with Crippen molar-refractivity contribution in [2.75, 3.05) is 0 Å². The number of hydrogen-bond acceptors (Lipinski definition) is 4. The maximum Gasteiger partial charge on any atom is 0.255 e. The first-order valence-corrected chi connectivity index (χ1v) is 10.0. The molecule has 29 heavy (non-hydrogen) atoms. The second-order valence-electron chi connectivity index (χ2n) is 8.48. The molecule has 2 aliphatic heterocycles. The molecule has 0 radical (unpaired) electrons. The number of fused-ring (bicyclic) bond motifs is 3. The highest BCUT2D eigenvalue weighted by molar-refractivity contribution is 5.94. The van der Waals surface area contributed by atoms with Gasteiger partial charge in [0.25, 0.3) is 5.91 Å². The van der Waals surface area contributed by atoms with E-state index >= 15 is 0 Å². The van der Waals surface area contributed by atoms with E-state index < -0.39 is 5.60 Å². The summed E-state index contributed by atoms with van der Waals surface area (Å²) < 4.78 is 3.49. The van der Waals surface area contributed by atoms with Crippen LogP contribution in [0, 0.1) is 0 Å². The van der Waals surface area contributed by atoms with Crippen molar-refractivity contribution in [3.8, 4) is 0 Å². The predicted molar refractivity (Wildman–Crippen MR) is 109 cm³/mol. The quantitative estimate of drug-likeness (QED) is 0.739. The molecule has 2 fully saturated rings. The van der Waals surface area contributed by atoms with E-state index in [4.69, 9.17) is 0 Å². The molecule has 3 atom stereocenters. The summed E-state index contributed by atoms with van der Waals surface area (Å²) in [5.74, 6) is -0.0502. The van der Waals surface area contributed by atoms with Crippen molar-refractivity contribution < 1.29 is 9.90 Å². The van der Waals surface area contributed by atoms with E-state index in [1.54, 1.807) is 25.5 Å². The summed E-state index contributed by atoms with van der Waals surface area (Å²) >= 11 is 0. The fourth-order valence-electron chi connectivity index (χ4n) is 5.14. The van der Waals surface area contributed by atoms with Crippen LogP contribution in [0.3, 0.4) is 0 Å². The molecule has 0 saturated carbocycles. The van der Waals surface area contributed by atoms with Crippen molar-refractivity contribution in [1.29, 1.82) is 0 Å². The SMILES string of the molecule is Cn1cc(C(=O)N2[C@@H]3CC[C@H]2CC(O)(Cn2ccc4ccncc42)C3)ccc1=O. The van der Waals surface area contributed by atoms with Crippen LogP contribution < -0.4 is 5.56 Å². The minimum absolute atomic E-state index is 0.0171. The van der Waals surface area contributed by atoms with Crippen LogP contribution in [0.15, 0.2) is 53.8 Å². The monoisotopic (exact) mass is 392 g/mol. The summed E-state index contributed by atoms with van der Waals surface area (Å²) in [6.45, 7) is 0.497. The Labute approximate surface area is 168 Å². The second-order valence-corrected chi connectivity index (χ2v) is 8.48. The van der Waals surface area contributed by atoms with Crippen LogP contribution in [0.4, 0.5) is 0 Å². The van der Waals surface area contributed by atoms with E-state index in [0.29, 0.717) is 24.9 Å². The highest BCUT2D eigenvalue weighted by atomic mass is 16.3. The fraction of sp³-hybridized carbons (Fsp3) is 0.409. The molecular formula is C22H24N4O3. The van der Waals surface area contributed by atoms with E-state index in [0.717, 1.165) is 23.7 Å². The van der Waals surface area contributed by atoms with Crippen molar-refractivity contribution in [1.82, 2.24) is 19.0 Å².